The average molecular weight is 362 g/mol. The van der Waals surface area contributed by atoms with E-state index in [1.807, 2.05) is 23.4 Å². The number of carbonyl (C=O) groups is 2. The first kappa shape index (κ1) is 17.0. The summed E-state index contributed by atoms with van der Waals surface area (Å²) in [5, 5.41) is 7.76. The van der Waals surface area contributed by atoms with Crippen LogP contribution in [0, 0.1) is 17.8 Å². The molecular formula is C19H27N3O2S. The van der Waals surface area contributed by atoms with Crippen LogP contribution in [0.1, 0.15) is 43.4 Å². The van der Waals surface area contributed by atoms with Crippen LogP contribution in [0.3, 0.4) is 0 Å². The number of nitrogens with one attached hydrogen (secondary N) is 2. The lowest BCUT2D eigenvalue weighted by Gasteiger charge is -2.56. The van der Waals surface area contributed by atoms with Gasteiger partial charge in [-0.15, -0.1) is 11.3 Å². The van der Waals surface area contributed by atoms with E-state index >= 15 is 0 Å². The van der Waals surface area contributed by atoms with E-state index in [1.165, 1.54) is 24.1 Å². The number of thiophene rings is 1. The van der Waals surface area contributed by atoms with E-state index in [0.29, 0.717) is 0 Å². The van der Waals surface area contributed by atoms with E-state index in [0.717, 1.165) is 43.6 Å². The van der Waals surface area contributed by atoms with Gasteiger partial charge in [0.1, 0.15) is 0 Å². The van der Waals surface area contributed by atoms with Crippen LogP contribution >= 0.6 is 11.3 Å². The molecule has 4 aliphatic rings. The zero-order chi connectivity index (χ0) is 17.4. The van der Waals surface area contributed by atoms with Crippen molar-refractivity contribution in [1.82, 2.24) is 15.5 Å². The highest BCUT2D eigenvalue weighted by Gasteiger charge is 2.51. The van der Waals surface area contributed by atoms with Crippen LogP contribution in [-0.4, -0.2) is 36.0 Å². The second-order valence-electron chi connectivity index (χ2n) is 8.45. The molecule has 0 saturated heterocycles. The highest BCUT2D eigenvalue weighted by molar-refractivity contribution is 7.09. The molecule has 4 saturated carbocycles. The Labute approximate surface area is 153 Å². The minimum atomic E-state index is -0.309. The standard InChI is InChI=1S/C19H27N3O2S/c1-22(11-16-3-2-4-25-16)12-17(23)20-18(24)21-19-8-13-5-14(9-19)7-15(6-13)10-19/h2-4,13-15H,5-12H2,1H3,(H2,20,21,23,24). The molecule has 1 heterocycles. The van der Waals surface area contributed by atoms with Gasteiger partial charge in [-0.1, -0.05) is 6.07 Å². The molecule has 0 aromatic carbocycles. The Kier molecular flexibility index (Phi) is 4.58. The van der Waals surface area contributed by atoms with Gasteiger partial charge in [0, 0.05) is 17.0 Å². The summed E-state index contributed by atoms with van der Waals surface area (Å²) in [7, 11) is 1.90. The lowest BCUT2D eigenvalue weighted by Crippen LogP contribution is -2.62. The quantitative estimate of drug-likeness (QED) is 0.848. The van der Waals surface area contributed by atoms with Gasteiger partial charge in [0.25, 0.3) is 0 Å². The highest BCUT2D eigenvalue weighted by atomic mass is 32.1. The van der Waals surface area contributed by atoms with E-state index in [2.05, 4.69) is 16.7 Å². The largest absolute Gasteiger partial charge is 0.332 e. The first-order valence-corrected chi connectivity index (χ1v) is 10.2. The summed E-state index contributed by atoms with van der Waals surface area (Å²) in [5.41, 5.74) is -0.0536. The van der Waals surface area contributed by atoms with Crippen molar-refractivity contribution < 1.29 is 9.59 Å². The highest BCUT2D eigenvalue weighted by Crippen LogP contribution is 2.55. The lowest BCUT2D eigenvalue weighted by atomic mass is 9.53. The minimum Gasteiger partial charge on any atom is -0.332 e. The molecule has 4 bridgehead atoms. The maximum Gasteiger partial charge on any atom is 0.321 e. The summed E-state index contributed by atoms with van der Waals surface area (Å²) in [5.74, 6) is 2.10. The predicted octanol–water partition coefficient (Wildman–Crippen LogP) is 2.97. The molecule has 3 amide bonds. The number of likely N-dealkylation sites (N-methyl/N-ethyl adjacent to an activating group) is 1. The first-order chi connectivity index (χ1) is 12.0. The minimum absolute atomic E-state index is 0.0536. The third kappa shape index (κ3) is 3.90. The summed E-state index contributed by atoms with van der Waals surface area (Å²) in [6.07, 6.45) is 7.32. The van der Waals surface area contributed by atoms with Gasteiger partial charge in [-0.05, 0) is 74.8 Å². The van der Waals surface area contributed by atoms with Crippen LogP contribution < -0.4 is 10.6 Å². The molecule has 2 N–H and O–H groups in total. The van der Waals surface area contributed by atoms with Crippen molar-refractivity contribution in [2.24, 2.45) is 17.8 Å². The van der Waals surface area contributed by atoms with Gasteiger partial charge in [-0.2, -0.15) is 0 Å². The summed E-state index contributed by atoms with van der Waals surface area (Å²) < 4.78 is 0. The summed E-state index contributed by atoms with van der Waals surface area (Å²) in [4.78, 5) is 27.7. The van der Waals surface area contributed by atoms with Gasteiger partial charge in [0.15, 0.2) is 0 Å². The van der Waals surface area contributed by atoms with Crippen LogP contribution in [0.25, 0.3) is 0 Å². The number of hydrogen-bond donors (Lipinski definition) is 2. The van der Waals surface area contributed by atoms with Crippen LogP contribution in [0.4, 0.5) is 4.79 Å². The molecule has 6 heteroatoms. The molecule has 136 valence electrons. The third-order valence-corrected chi connectivity index (χ3v) is 6.95. The van der Waals surface area contributed by atoms with Crippen molar-refractivity contribution in [2.45, 2.75) is 50.6 Å². The smallest absolute Gasteiger partial charge is 0.321 e. The molecule has 0 spiro atoms. The number of nitrogens with zero attached hydrogens (tertiary/aromatic N) is 1. The van der Waals surface area contributed by atoms with Crippen molar-refractivity contribution >= 4 is 23.3 Å². The van der Waals surface area contributed by atoms with Crippen LogP contribution in [0.2, 0.25) is 0 Å². The van der Waals surface area contributed by atoms with Gasteiger partial charge < -0.3 is 5.32 Å². The topological polar surface area (TPSA) is 61.4 Å². The van der Waals surface area contributed by atoms with E-state index in [9.17, 15) is 9.59 Å². The van der Waals surface area contributed by atoms with Crippen LogP contribution in [0.5, 0.6) is 0 Å². The number of amides is 3. The zero-order valence-corrected chi connectivity index (χ0v) is 15.6. The monoisotopic (exact) mass is 361 g/mol. The number of rotatable bonds is 5. The molecule has 0 unspecified atom stereocenters. The SMILES string of the molecule is CN(CC(=O)NC(=O)NC12CC3CC(CC(C3)C1)C2)Cc1cccs1. The van der Waals surface area contributed by atoms with Crippen molar-refractivity contribution in [3.63, 3.8) is 0 Å². The fourth-order valence-corrected chi connectivity index (χ4v) is 6.46. The zero-order valence-electron chi connectivity index (χ0n) is 14.8. The van der Waals surface area contributed by atoms with E-state index in [4.69, 9.17) is 0 Å². The Bertz CT molecular complexity index is 608. The molecule has 5 nitrogen and oxygen atoms in total. The fraction of sp³-hybridized carbons (Fsp3) is 0.684. The number of hydrogen-bond acceptors (Lipinski definition) is 4. The predicted molar refractivity (Wildman–Crippen MR) is 98.2 cm³/mol. The van der Waals surface area contributed by atoms with Crippen LogP contribution in [-0.2, 0) is 11.3 Å². The third-order valence-electron chi connectivity index (χ3n) is 6.09. The van der Waals surface area contributed by atoms with Gasteiger partial charge >= 0.3 is 6.03 Å². The second-order valence-corrected chi connectivity index (χ2v) is 9.48. The van der Waals surface area contributed by atoms with Gasteiger partial charge in [-0.25, -0.2) is 4.79 Å². The van der Waals surface area contributed by atoms with Gasteiger partial charge in [0.05, 0.1) is 6.54 Å². The molecule has 4 fully saturated rings. The average Bonchev–Trinajstić information content (AvgIpc) is 2.97. The Hall–Kier alpha value is -1.40. The Morgan fingerprint density at radius 3 is 2.40 bits per heavy atom. The molecule has 0 radical (unpaired) electrons. The summed E-state index contributed by atoms with van der Waals surface area (Å²) in [6.45, 7) is 0.952. The van der Waals surface area contributed by atoms with E-state index in [-0.39, 0.29) is 24.0 Å². The number of urea groups is 1. The van der Waals surface area contributed by atoms with Gasteiger partial charge in [0.2, 0.25) is 5.91 Å². The molecule has 0 aliphatic heterocycles. The first-order valence-electron chi connectivity index (χ1n) is 9.33. The maximum atomic E-state index is 12.4. The van der Waals surface area contributed by atoms with Crippen molar-refractivity contribution in [1.29, 1.82) is 0 Å². The Morgan fingerprint density at radius 2 is 1.84 bits per heavy atom. The Morgan fingerprint density at radius 1 is 1.20 bits per heavy atom. The maximum absolute atomic E-state index is 12.4. The van der Waals surface area contributed by atoms with E-state index in [1.54, 1.807) is 11.3 Å². The summed E-state index contributed by atoms with van der Waals surface area (Å²) in [6, 6.07) is 3.75. The van der Waals surface area contributed by atoms with Crippen LogP contribution in [0.15, 0.2) is 17.5 Å². The number of imide groups is 1. The molecule has 25 heavy (non-hydrogen) atoms. The van der Waals surface area contributed by atoms with Crippen molar-refractivity contribution in [2.75, 3.05) is 13.6 Å². The summed E-state index contributed by atoms with van der Waals surface area (Å²) >= 11 is 1.68. The molecule has 4 aliphatic carbocycles. The second kappa shape index (κ2) is 6.72. The molecule has 1 aromatic rings. The fourth-order valence-electron chi connectivity index (χ4n) is 5.67. The lowest BCUT2D eigenvalue weighted by molar-refractivity contribution is -0.121. The molecular weight excluding hydrogens is 334 g/mol. The van der Waals surface area contributed by atoms with Crippen molar-refractivity contribution in [3.8, 4) is 0 Å². The molecule has 5 rings (SSSR count). The van der Waals surface area contributed by atoms with Crippen molar-refractivity contribution in [3.05, 3.63) is 22.4 Å². The molecule has 1 aromatic heterocycles. The Balaban J connectivity index is 1.26. The normalized spacial score (nSPS) is 32.8. The number of carbonyl (C=O) groups excluding carboxylic acids is 2. The van der Waals surface area contributed by atoms with Gasteiger partial charge in [-0.3, -0.25) is 15.0 Å². The van der Waals surface area contributed by atoms with E-state index < -0.39 is 0 Å². The molecule has 0 atom stereocenters.